The molecule has 166 valence electrons. The number of amides is 1. The molecule has 1 aliphatic heterocycles. The van der Waals surface area contributed by atoms with Crippen molar-refractivity contribution in [3.8, 4) is 23.0 Å². The predicted octanol–water partition coefficient (Wildman–Crippen LogP) is 5.02. The van der Waals surface area contributed by atoms with Crippen LogP contribution in [-0.2, 0) is 11.2 Å². The van der Waals surface area contributed by atoms with Crippen molar-refractivity contribution < 1.29 is 19.0 Å². The standard InChI is InChI=1S/C25H21N3O4S/c1-30-20-12-11-15(13-21(20)31-2)14-22-27-28-25(33-22)26-24(29)23-16-7-3-5-9-18(16)32-19-10-6-4-8-17(19)23/h3-13,23H,14H2,1-2H3,(H,26,28,29). The molecule has 0 unspecified atom stereocenters. The first kappa shape index (κ1) is 21.0. The Balaban J connectivity index is 1.36. The van der Waals surface area contributed by atoms with Gasteiger partial charge in [-0.2, -0.15) is 0 Å². The highest BCUT2D eigenvalue weighted by Gasteiger charge is 2.32. The van der Waals surface area contributed by atoms with Crippen LogP contribution in [0.1, 0.15) is 27.6 Å². The molecule has 1 N–H and O–H groups in total. The lowest BCUT2D eigenvalue weighted by Crippen LogP contribution is -2.25. The van der Waals surface area contributed by atoms with Gasteiger partial charge in [0, 0.05) is 17.5 Å². The van der Waals surface area contributed by atoms with E-state index in [-0.39, 0.29) is 5.91 Å². The topological polar surface area (TPSA) is 82.6 Å². The smallest absolute Gasteiger partial charge is 0.238 e. The first-order valence-electron chi connectivity index (χ1n) is 10.4. The molecular formula is C25H21N3O4S. The number of rotatable bonds is 6. The van der Waals surface area contributed by atoms with E-state index in [1.54, 1.807) is 14.2 Å². The number of anilines is 1. The highest BCUT2D eigenvalue weighted by Crippen LogP contribution is 2.44. The number of hydrogen-bond donors (Lipinski definition) is 1. The predicted molar refractivity (Wildman–Crippen MR) is 126 cm³/mol. The van der Waals surface area contributed by atoms with Crippen molar-refractivity contribution >= 4 is 22.4 Å². The van der Waals surface area contributed by atoms with Gasteiger partial charge in [0.25, 0.3) is 0 Å². The number of nitrogens with one attached hydrogen (secondary N) is 1. The molecule has 2 heterocycles. The van der Waals surface area contributed by atoms with E-state index in [0.717, 1.165) is 21.7 Å². The van der Waals surface area contributed by atoms with Crippen molar-refractivity contribution in [2.75, 3.05) is 19.5 Å². The van der Waals surface area contributed by atoms with E-state index in [9.17, 15) is 4.79 Å². The molecule has 0 radical (unpaired) electrons. The molecule has 0 atom stereocenters. The summed E-state index contributed by atoms with van der Waals surface area (Å²) >= 11 is 1.35. The Morgan fingerprint density at radius 3 is 2.27 bits per heavy atom. The van der Waals surface area contributed by atoms with Gasteiger partial charge in [-0.25, -0.2) is 0 Å². The second-order valence-corrected chi connectivity index (χ2v) is 8.53. The minimum Gasteiger partial charge on any atom is -0.493 e. The van der Waals surface area contributed by atoms with Crippen LogP contribution in [0.3, 0.4) is 0 Å². The molecule has 0 spiro atoms. The molecule has 7 nitrogen and oxygen atoms in total. The molecular weight excluding hydrogens is 438 g/mol. The lowest BCUT2D eigenvalue weighted by molar-refractivity contribution is -0.116. The van der Waals surface area contributed by atoms with E-state index in [0.29, 0.717) is 34.6 Å². The molecule has 0 saturated heterocycles. The zero-order chi connectivity index (χ0) is 22.8. The van der Waals surface area contributed by atoms with Gasteiger partial charge in [-0.1, -0.05) is 53.8 Å². The molecule has 0 fully saturated rings. The van der Waals surface area contributed by atoms with Crippen molar-refractivity contribution in [2.24, 2.45) is 0 Å². The van der Waals surface area contributed by atoms with Gasteiger partial charge in [-0.15, -0.1) is 10.2 Å². The lowest BCUT2D eigenvalue weighted by atomic mass is 9.87. The molecule has 8 heteroatoms. The summed E-state index contributed by atoms with van der Waals surface area (Å²) in [6.07, 6.45) is 0.566. The zero-order valence-electron chi connectivity index (χ0n) is 18.1. The van der Waals surface area contributed by atoms with Crippen molar-refractivity contribution in [2.45, 2.75) is 12.3 Å². The monoisotopic (exact) mass is 459 g/mol. The van der Waals surface area contributed by atoms with Gasteiger partial charge in [0.05, 0.1) is 20.1 Å². The number of aromatic nitrogens is 2. The number of fused-ring (bicyclic) bond motifs is 2. The number of para-hydroxylation sites is 2. The molecule has 1 amide bonds. The van der Waals surface area contributed by atoms with Gasteiger partial charge in [0.15, 0.2) is 11.5 Å². The molecule has 1 aliphatic rings. The van der Waals surface area contributed by atoms with E-state index in [2.05, 4.69) is 15.5 Å². The van der Waals surface area contributed by atoms with Gasteiger partial charge in [0.1, 0.15) is 16.5 Å². The molecule has 1 aromatic heterocycles. The van der Waals surface area contributed by atoms with E-state index >= 15 is 0 Å². The number of methoxy groups -OCH3 is 2. The summed E-state index contributed by atoms with van der Waals surface area (Å²) in [5, 5.41) is 12.6. The first-order valence-corrected chi connectivity index (χ1v) is 11.2. The molecule has 3 aromatic carbocycles. The van der Waals surface area contributed by atoms with Crippen LogP contribution < -0.4 is 19.5 Å². The second-order valence-electron chi connectivity index (χ2n) is 7.47. The first-order chi connectivity index (χ1) is 16.2. The summed E-state index contributed by atoms with van der Waals surface area (Å²) in [6, 6.07) is 20.9. The van der Waals surface area contributed by atoms with Crippen LogP contribution in [0.15, 0.2) is 66.7 Å². The average Bonchev–Trinajstić information content (AvgIpc) is 3.28. The third kappa shape index (κ3) is 4.12. The fourth-order valence-corrected chi connectivity index (χ4v) is 4.69. The van der Waals surface area contributed by atoms with Gasteiger partial charge in [0.2, 0.25) is 11.0 Å². The van der Waals surface area contributed by atoms with Crippen molar-refractivity contribution in [1.82, 2.24) is 10.2 Å². The summed E-state index contributed by atoms with van der Waals surface area (Å²) in [7, 11) is 3.21. The molecule has 0 bridgehead atoms. The van der Waals surface area contributed by atoms with E-state index in [1.807, 2.05) is 66.7 Å². The number of ether oxygens (including phenoxy) is 3. The van der Waals surface area contributed by atoms with Crippen LogP contribution in [0, 0.1) is 0 Å². The number of carbonyl (C=O) groups is 1. The Hall–Kier alpha value is -3.91. The van der Waals surface area contributed by atoms with Crippen LogP contribution in [0.2, 0.25) is 0 Å². The molecule has 33 heavy (non-hydrogen) atoms. The highest BCUT2D eigenvalue weighted by molar-refractivity contribution is 7.15. The number of benzene rings is 3. The Morgan fingerprint density at radius 1 is 0.939 bits per heavy atom. The van der Waals surface area contributed by atoms with Crippen molar-refractivity contribution in [1.29, 1.82) is 0 Å². The Kier molecular flexibility index (Phi) is 5.66. The molecule has 0 saturated carbocycles. The fraction of sp³-hybridized carbons (Fsp3) is 0.160. The van der Waals surface area contributed by atoms with Gasteiger partial charge >= 0.3 is 0 Å². The fourth-order valence-electron chi connectivity index (χ4n) is 3.91. The maximum Gasteiger partial charge on any atom is 0.238 e. The van der Waals surface area contributed by atoms with Crippen molar-refractivity contribution in [3.63, 3.8) is 0 Å². The average molecular weight is 460 g/mol. The van der Waals surface area contributed by atoms with Gasteiger partial charge < -0.3 is 14.2 Å². The third-order valence-corrected chi connectivity index (χ3v) is 6.28. The molecule has 0 aliphatic carbocycles. The normalized spacial score (nSPS) is 12.3. The van der Waals surface area contributed by atoms with Crippen molar-refractivity contribution in [3.05, 3.63) is 88.4 Å². The molecule has 4 aromatic rings. The molecule has 5 rings (SSSR count). The summed E-state index contributed by atoms with van der Waals surface area (Å²) in [5.74, 6) is 2.02. The van der Waals surface area contributed by atoms with Crippen LogP contribution in [0.5, 0.6) is 23.0 Å². The summed E-state index contributed by atoms with van der Waals surface area (Å²) in [4.78, 5) is 13.4. The zero-order valence-corrected chi connectivity index (χ0v) is 18.9. The van der Waals surface area contributed by atoms with E-state index < -0.39 is 5.92 Å². The van der Waals surface area contributed by atoms with Crippen LogP contribution in [0.4, 0.5) is 5.13 Å². The van der Waals surface area contributed by atoms with Crippen LogP contribution in [0.25, 0.3) is 0 Å². The Bertz CT molecular complexity index is 1280. The summed E-state index contributed by atoms with van der Waals surface area (Å²) in [5.41, 5.74) is 2.65. The quantitative estimate of drug-likeness (QED) is 0.436. The largest absolute Gasteiger partial charge is 0.493 e. The number of carbonyl (C=O) groups excluding carboxylic acids is 1. The lowest BCUT2D eigenvalue weighted by Gasteiger charge is -2.27. The summed E-state index contributed by atoms with van der Waals surface area (Å²) in [6.45, 7) is 0. The minimum absolute atomic E-state index is 0.174. The van der Waals surface area contributed by atoms with Crippen LogP contribution >= 0.6 is 11.3 Å². The second kappa shape index (κ2) is 8.91. The maximum absolute atomic E-state index is 13.4. The third-order valence-electron chi connectivity index (χ3n) is 5.44. The van der Waals surface area contributed by atoms with E-state index in [4.69, 9.17) is 14.2 Å². The SMILES string of the molecule is COc1ccc(Cc2nnc(NC(=O)C3c4ccccc4Oc4ccccc43)s2)cc1OC. The van der Waals surface area contributed by atoms with Gasteiger partial charge in [-0.3, -0.25) is 10.1 Å². The minimum atomic E-state index is -0.496. The Morgan fingerprint density at radius 2 is 1.61 bits per heavy atom. The Labute approximate surface area is 195 Å². The number of nitrogens with zero attached hydrogens (tertiary/aromatic N) is 2. The van der Waals surface area contributed by atoms with E-state index in [1.165, 1.54) is 11.3 Å². The maximum atomic E-state index is 13.4. The van der Waals surface area contributed by atoms with Crippen LogP contribution in [-0.4, -0.2) is 30.3 Å². The summed E-state index contributed by atoms with van der Waals surface area (Å²) < 4.78 is 16.7. The van der Waals surface area contributed by atoms with Gasteiger partial charge in [-0.05, 0) is 29.8 Å². The highest BCUT2D eigenvalue weighted by atomic mass is 32.1. The number of hydrogen-bond acceptors (Lipinski definition) is 7.